The maximum Gasteiger partial charge on any atom is 0.246 e. The van der Waals surface area contributed by atoms with Gasteiger partial charge in [0.1, 0.15) is 15.9 Å². The number of halogens is 1. The molecule has 1 aliphatic heterocycles. The lowest BCUT2D eigenvalue weighted by Gasteiger charge is -2.30. The predicted molar refractivity (Wildman–Crippen MR) is 102 cm³/mol. The minimum Gasteiger partial charge on any atom is -0.310 e. The molecule has 1 fully saturated rings. The van der Waals surface area contributed by atoms with Crippen molar-refractivity contribution >= 4 is 39.0 Å². The molecule has 4 heterocycles. The zero-order valence-electron chi connectivity index (χ0n) is 14.7. The van der Waals surface area contributed by atoms with E-state index in [-0.39, 0.29) is 35.0 Å². The number of hydrogen-bond donors (Lipinski definition) is 1. The van der Waals surface area contributed by atoms with Crippen molar-refractivity contribution < 1.29 is 13.2 Å². The highest BCUT2D eigenvalue weighted by molar-refractivity contribution is 7.89. The number of fused-ring (bicyclic) bond motifs is 1. The van der Waals surface area contributed by atoms with E-state index in [0.29, 0.717) is 24.3 Å². The summed E-state index contributed by atoms with van der Waals surface area (Å²) < 4.78 is 28.4. The van der Waals surface area contributed by atoms with Crippen LogP contribution in [0, 0.1) is 5.92 Å². The van der Waals surface area contributed by atoms with Crippen LogP contribution in [0.1, 0.15) is 12.8 Å². The summed E-state index contributed by atoms with van der Waals surface area (Å²) in [6, 6.07) is 6.37. The summed E-state index contributed by atoms with van der Waals surface area (Å²) in [7, 11) is -3.74. The molecule has 0 saturated carbocycles. The molecule has 0 bridgehead atoms. The highest BCUT2D eigenvalue weighted by Crippen LogP contribution is 2.27. The van der Waals surface area contributed by atoms with Crippen molar-refractivity contribution in [1.82, 2.24) is 23.9 Å². The van der Waals surface area contributed by atoms with Crippen LogP contribution in [0.2, 0.25) is 5.15 Å². The first-order chi connectivity index (χ1) is 13.5. The molecule has 1 amide bonds. The fraction of sp³-hybridized carbons (Fsp3) is 0.294. The molecule has 1 saturated heterocycles. The smallest absolute Gasteiger partial charge is 0.246 e. The van der Waals surface area contributed by atoms with Gasteiger partial charge in [-0.15, -0.1) is 0 Å². The molecule has 0 radical (unpaired) electrons. The lowest BCUT2D eigenvalue weighted by atomic mass is 9.97. The standard InChI is InChI=1S/C17H17ClN6O3S/c18-16-13(2-1-7-20-16)28(26,27)23-10-5-12(6-11-23)17(25)22-15-3-8-19-14-4-9-21-24(14)15/h1-4,7-9,12H,5-6,10-11H2,(H,22,25). The SMILES string of the molecule is O=C(Nc1ccnc2ccnn12)C1CCN(S(=O)(=O)c2cccnc2Cl)CC1. The Balaban J connectivity index is 1.43. The summed E-state index contributed by atoms with van der Waals surface area (Å²) in [6.07, 6.45) is 5.46. The van der Waals surface area contributed by atoms with Gasteiger partial charge in [-0.2, -0.15) is 13.9 Å². The zero-order valence-corrected chi connectivity index (χ0v) is 16.3. The Morgan fingerprint density at radius 1 is 1.11 bits per heavy atom. The van der Waals surface area contributed by atoms with Gasteiger partial charge in [0.05, 0.1) is 6.20 Å². The van der Waals surface area contributed by atoms with Crippen molar-refractivity contribution in [2.24, 2.45) is 5.92 Å². The maximum absolute atomic E-state index is 12.8. The Labute approximate surface area is 166 Å². The molecule has 9 nitrogen and oxygen atoms in total. The topological polar surface area (TPSA) is 110 Å². The molecule has 0 spiro atoms. The van der Waals surface area contributed by atoms with Gasteiger partial charge < -0.3 is 5.32 Å². The number of amides is 1. The number of rotatable bonds is 4. The predicted octanol–water partition coefficient (Wildman–Crippen LogP) is 1.82. The van der Waals surface area contributed by atoms with Crippen LogP contribution in [0.3, 0.4) is 0 Å². The second kappa shape index (κ2) is 7.46. The largest absolute Gasteiger partial charge is 0.310 e. The second-order valence-electron chi connectivity index (χ2n) is 6.39. The number of nitrogens with zero attached hydrogens (tertiary/aromatic N) is 5. The van der Waals surface area contributed by atoms with E-state index in [0.717, 1.165) is 0 Å². The first kappa shape index (κ1) is 18.8. The average molecular weight is 421 g/mol. The van der Waals surface area contributed by atoms with E-state index < -0.39 is 10.0 Å². The number of sulfonamides is 1. The highest BCUT2D eigenvalue weighted by Gasteiger charge is 2.33. The van der Waals surface area contributed by atoms with Crippen molar-refractivity contribution in [1.29, 1.82) is 0 Å². The molecular weight excluding hydrogens is 404 g/mol. The van der Waals surface area contributed by atoms with Gasteiger partial charge in [-0.3, -0.25) is 4.79 Å². The Bertz CT molecular complexity index is 1120. The molecule has 0 atom stereocenters. The van der Waals surface area contributed by atoms with E-state index in [1.165, 1.54) is 22.6 Å². The van der Waals surface area contributed by atoms with Crippen LogP contribution in [-0.4, -0.2) is 51.3 Å². The molecule has 11 heteroatoms. The van der Waals surface area contributed by atoms with Crippen LogP contribution in [-0.2, 0) is 14.8 Å². The summed E-state index contributed by atoms with van der Waals surface area (Å²) >= 11 is 5.94. The molecular formula is C17H17ClN6O3S. The van der Waals surface area contributed by atoms with E-state index >= 15 is 0 Å². The van der Waals surface area contributed by atoms with E-state index in [1.54, 1.807) is 29.0 Å². The molecule has 0 aromatic carbocycles. The van der Waals surface area contributed by atoms with Gasteiger partial charge in [0, 0.05) is 37.5 Å². The first-order valence-electron chi connectivity index (χ1n) is 8.67. The van der Waals surface area contributed by atoms with E-state index in [2.05, 4.69) is 20.4 Å². The number of anilines is 1. The number of carbonyl (C=O) groups excluding carboxylic acids is 1. The number of aromatic nitrogens is 4. The molecule has 28 heavy (non-hydrogen) atoms. The molecule has 146 valence electrons. The zero-order chi connectivity index (χ0) is 19.7. The molecule has 1 aliphatic rings. The molecule has 0 unspecified atom stereocenters. The van der Waals surface area contributed by atoms with Crippen molar-refractivity contribution in [3.8, 4) is 0 Å². The molecule has 4 rings (SSSR count). The van der Waals surface area contributed by atoms with Crippen molar-refractivity contribution in [3.63, 3.8) is 0 Å². The van der Waals surface area contributed by atoms with Crippen LogP contribution in [0.25, 0.3) is 5.65 Å². The number of hydrogen-bond acceptors (Lipinski definition) is 6. The third-order valence-electron chi connectivity index (χ3n) is 4.71. The number of pyridine rings is 1. The van der Waals surface area contributed by atoms with E-state index in [9.17, 15) is 13.2 Å². The summed E-state index contributed by atoms with van der Waals surface area (Å²) in [5, 5.41) is 6.94. The lowest BCUT2D eigenvalue weighted by molar-refractivity contribution is -0.120. The number of piperidine rings is 1. The van der Waals surface area contributed by atoms with Crippen LogP contribution >= 0.6 is 11.6 Å². The van der Waals surface area contributed by atoms with E-state index in [4.69, 9.17) is 11.6 Å². The van der Waals surface area contributed by atoms with Gasteiger partial charge in [0.15, 0.2) is 5.65 Å². The molecule has 1 N–H and O–H groups in total. The van der Waals surface area contributed by atoms with Gasteiger partial charge in [-0.05, 0) is 31.0 Å². The molecule has 3 aromatic rings. The van der Waals surface area contributed by atoms with Gasteiger partial charge in [0.2, 0.25) is 15.9 Å². The monoisotopic (exact) mass is 420 g/mol. The third kappa shape index (κ3) is 3.46. The van der Waals surface area contributed by atoms with Crippen LogP contribution in [0.15, 0.2) is 47.8 Å². The van der Waals surface area contributed by atoms with Crippen LogP contribution < -0.4 is 5.32 Å². The number of carbonyl (C=O) groups is 1. The number of nitrogens with one attached hydrogen (secondary N) is 1. The summed E-state index contributed by atoms with van der Waals surface area (Å²) in [5.74, 6) is 0.0613. The highest BCUT2D eigenvalue weighted by atomic mass is 35.5. The van der Waals surface area contributed by atoms with E-state index in [1.807, 2.05) is 0 Å². The lowest BCUT2D eigenvalue weighted by Crippen LogP contribution is -2.41. The molecule has 0 aliphatic carbocycles. The summed E-state index contributed by atoms with van der Waals surface area (Å²) in [5.41, 5.74) is 0.632. The average Bonchev–Trinajstić information content (AvgIpc) is 3.18. The Kier molecular flexibility index (Phi) is 5.00. The minimum absolute atomic E-state index is 0.0163. The van der Waals surface area contributed by atoms with Crippen LogP contribution in [0.4, 0.5) is 5.82 Å². The van der Waals surface area contributed by atoms with Crippen molar-refractivity contribution in [2.75, 3.05) is 18.4 Å². The Hall–Kier alpha value is -2.56. The summed E-state index contributed by atoms with van der Waals surface area (Å²) in [6.45, 7) is 0.471. The normalized spacial score (nSPS) is 16.3. The Morgan fingerprint density at radius 2 is 1.89 bits per heavy atom. The first-order valence-corrected chi connectivity index (χ1v) is 10.5. The Morgan fingerprint density at radius 3 is 2.64 bits per heavy atom. The van der Waals surface area contributed by atoms with Gasteiger partial charge in [-0.25, -0.2) is 18.4 Å². The van der Waals surface area contributed by atoms with Gasteiger partial charge in [-0.1, -0.05) is 11.6 Å². The fourth-order valence-corrected chi connectivity index (χ4v) is 5.12. The summed E-state index contributed by atoms with van der Waals surface area (Å²) in [4.78, 5) is 20.6. The quantitative estimate of drug-likeness (QED) is 0.644. The third-order valence-corrected chi connectivity index (χ3v) is 7.05. The van der Waals surface area contributed by atoms with Gasteiger partial charge in [0.25, 0.3) is 0 Å². The fourth-order valence-electron chi connectivity index (χ4n) is 3.22. The van der Waals surface area contributed by atoms with Crippen LogP contribution in [0.5, 0.6) is 0 Å². The minimum atomic E-state index is -3.74. The van der Waals surface area contributed by atoms with Crippen molar-refractivity contribution in [3.05, 3.63) is 48.0 Å². The second-order valence-corrected chi connectivity index (χ2v) is 8.66. The van der Waals surface area contributed by atoms with Gasteiger partial charge >= 0.3 is 0 Å². The van der Waals surface area contributed by atoms with Crippen molar-refractivity contribution in [2.45, 2.75) is 17.7 Å². The molecule has 3 aromatic heterocycles. The maximum atomic E-state index is 12.8.